The van der Waals surface area contributed by atoms with Gasteiger partial charge in [-0.25, -0.2) is 0 Å². The van der Waals surface area contributed by atoms with Crippen molar-refractivity contribution in [1.82, 2.24) is 0 Å². The molecule has 2 aromatic carbocycles. The van der Waals surface area contributed by atoms with E-state index in [0.29, 0.717) is 0 Å². The third-order valence-corrected chi connectivity index (χ3v) is 5.61. The van der Waals surface area contributed by atoms with Crippen LogP contribution in [-0.2, 0) is 0 Å². The highest BCUT2D eigenvalue weighted by molar-refractivity contribution is 5.74. The van der Waals surface area contributed by atoms with Gasteiger partial charge in [0.25, 0.3) is 0 Å². The Hall–Kier alpha value is -2.02. The van der Waals surface area contributed by atoms with Crippen LogP contribution in [0.5, 0.6) is 5.75 Å². The van der Waals surface area contributed by atoms with Crippen molar-refractivity contribution in [3.63, 3.8) is 0 Å². The van der Waals surface area contributed by atoms with Gasteiger partial charge in [-0.1, -0.05) is 127 Å². The van der Waals surface area contributed by atoms with Crippen molar-refractivity contribution in [2.24, 2.45) is 0 Å². The zero-order chi connectivity index (χ0) is 20.6. The quantitative estimate of drug-likeness (QED) is 0.259. The molecule has 0 amide bonds. The summed E-state index contributed by atoms with van der Waals surface area (Å²) in [5, 5.41) is 0. The molecule has 0 aromatic heterocycles. The molecule has 0 fully saturated rings. The largest absolute Gasteiger partial charge is 0.494 e. The number of hydrogen-bond donors (Lipinski definition) is 0. The molecule has 0 bridgehead atoms. The van der Waals surface area contributed by atoms with Gasteiger partial charge in [0, 0.05) is 0 Å². The molecule has 0 aliphatic carbocycles. The predicted molar refractivity (Wildman–Crippen MR) is 129 cm³/mol. The van der Waals surface area contributed by atoms with Crippen LogP contribution < -0.4 is 4.74 Å². The van der Waals surface area contributed by atoms with Gasteiger partial charge in [0.2, 0.25) is 0 Å². The maximum Gasteiger partial charge on any atom is 0.119 e. The summed E-state index contributed by atoms with van der Waals surface area (Å²) < 4.78 is 5.93. The van der Waals surface area contributed by atoms with E-state index in [2.05, 4.69) is 56.0 Å². The van der Waals surface area contributed by atoms with Gasteiger partial charge in [0.15, 0.2) is 0 Å². The lowest BCUT2D eigenvalue weighted by molar-refractivity contribution is 0.304. The van der Waals surface area contributed by atoms with Gasteiger partial charge in [0.1, 0.15) is 5.75 Å². The maximum atomic E-state index is 5.93. The number of rotatable bonds is 16. The number of unbranched alkanes of at least 4 members (excludes halogenated alkanes) is 11. The molecule has 158 valence electrons. The van der Waals surface area contributed by atoms with E-state index in [4.69, 9.17) is 4.74 Å². The third kappa shape index (κ3) is 9.35. The van der Waals surface area contributed by atoms with Gasteiger partial charge in [0.05, 0.1) is 6.61 Å². The predicted octanol–water partition coefficient (Wildman–Crippen LogP) is 9.08. The zero-order valence-corrected chi connectivity index (χ0v) is 18.5. The number of ether oxygens (including phenoxy) is 1. The molecule has 0 aliphatic heterocycles. The second-order valence-corrected chi connectivity index (χ2v) is 8.05. The first kappa shape index (κ1) is 23.3. The number of hydrogen-bond acceptors (Lipinski definition) is 1. The summed E-state index contributed by atoms with van der Waals surface area (Å²) in [5.74, 6) is 0.966. The first-order valence-corrected chi connectivity index (χ1v) is 11.8. The molecule has 0 aliphatic rings. The van der Waals surface area contributed by atoms with E-state index in [1.165, 1.54) is 81.8 Å². The summed E-state index contributed by atoms with van der Waals surface area (Å²) in [4.78, 5) is 0. The van der Waals surface area contributed by atoms with Crippen LogP contribution in [-0.4, -0.2) is 6.61 Å². The van der Waals surface area contributed by atoms with Gasteiger partial charge >= 0.3 is 0 Å². The SMILES string of the molecule is C=Cc1ccccc1-c1ccc(OCCCCCCCCCCCCCC)cc1. The summed E-state index contributed by atoms with van der Waals surface area (Å²) in [6.07, 6.45) is 18.4. The molecular formula is C28H40O. The average molecular weight is 393 g/mol. The Morgan fingerprint density at radius 3 is 1.83 bits per heavy atom. The molecular weight excluding hydrogens is 352 g/mol. The van der Waals surface area contributed by atoms with E-state index >= 15 is 0 Å². The van der Waals surface area contributed by atoms with Crippen molar-refractivity contribution in [1.29, 1.82) is 0 Å². The zero-order valence-electron chi connectivity index (χ0n) is 18.5. The van der Waals surface area contributed by atoms with Gasteiger partial charge in [-0.2, -0.15) is 0 Å². The van der Waals surface area contributed by atoms with Crippen molar-refractivity contribution >= 4 is 6.08 Å². The van der Waals surface area contributed by atoms with Crippen LogP contribution in [0.3, 0.4) is 0 Å². The fourth-order valence-corrected chi connectivity index (χ4v) is 3.80. The molecule has 0 saturated heterocycles. The molecule has 2 rings (SSSR count). The van der Waals surface area contributed by atoms with Crippen molar-refractivity contribution in [2.75, 3.05) is 6.61 Å². The monoisotopic (exact) mass is 392 g/mol. The Labute approximate surface area is 179 Å². The van der Waals surface area contributed by atoms with E-state index in [0.717, 1.165) is 24.3 Å². The number of benzene rings is 2. The maximum absolute atomic E-state index is 5.93. The molecule has 0 unspecified atom stereocenters. The molecule has 1 nitrogen and oxygen atoms in total. The van der Waals surface area contributed by atoms with Gasteiger partial charge in [-0.3, -0.25) is 0 Å². The summed E-state index contributed by atoms with van der Waals surface area (Å²) in [6, 6.07) is 16.8. The Morgan fingerprint density at radius 2 is 1.24 bits per heavy atom. The first-order valence-electron chi connectivity index (χ1n) is 11.8. The fourth-order valence-electron chi connectivity index (χ4n) is 3.80. The molecule has 2 aromatic rings. The van der Waals surface area contributed by atoms with E-state index in [-0.39, 0.29) is 0 Å². The van der Waals surface area contributed by atoms with Crippen molar-refractivity contribution in [3.8, 4) is 16.9 Å². The minimum Gasteiger partial charge on any atom is -0.494 e. The summed E-state index contributed by atoms with van der Waals surface area (Å²) >= 11 is 0. The molecule has 0 saturated carbocycles. The molecule has 0 radical (unpaired) electrons. The lowest BCUT2D eigenvalue weighted by Crippen LogP contribution is -1.97. The highest BCUT2D eigenvalue weighted by Gasteiger charge is 2.02. The van der Waals surface area contributed by atoms with Crippen molar-refractivity contribution < 1.29 is 4.74 Å². The molecule has 0 atom stereocenters. The molecule has 1 heteroatoms. The average Bonchev–Trinajstić information content (AvgIpc) is 2.77. The normalized spacial score (nSPS) is 10.8. The van der Waals surface area contributed by atoms with E-state index in [1.807, 2.05) is 12.1 Å². The molecule has 29 heavy (non-hydrogen) atoms. The van der Waals surface area contributed by atoms with E-state index in [1.54, 1.807) is 0 Å². The molecule has 0 heterocycles. The van der Waals surface area contributed by atoms with Crippen LogP contribution >= 0.6 is 0 Å². The molecule has 0 spiro atoms. The Kier molecular flexibility index (Phi) is 12.0. The van der Waals surface area contributed by atoms with Gasteiger partial charge in [-0.15, -0.1) is 0 Å². The Balaban J connectivity index is 1.52. The fraction of sp³-hybridized carbons (Fsp3) is 0.500. The van der Waals surface area contributed by atoms with Crippen LogP contribution in [0, 0.1) is 0 Å². The highest BCUT2D eigenvalue weighted by Crippen LogP contribution is 2.26. The van der Waals surface area contributed by atoms with Crippen LogP contribution in [0.4, 0.5) is 0 Å². The standard InChI is InChI=1S/C28H40O/c1-3-5-6-7-8-9-10-11-12-13-14-17-24-29-27-22-20-26(21-23-27)28-19-16-15-18-25(28)4-2/h4,15-16,18-23H,2-3,5-14,17,24H2,1H3. The topological polar surface area (TPSA) is 9.23 Å². The van der Waals surface area contributed by atoms with Crippen LogP contribution in [0.25, 0.3) is 17.2 Å². The minimum absolute atomic E-state index is 0.819. The highest BCUT2D eigenvalue weighted by atomic mass is 16.5. The lowest BCUT2D eigenvalue weighted by atomic mass is 10.00. The van der Waals surface area contributed by atoms with Crippen LogP contribution in [0.2, 0.25) is 0 Å². The van der Waals surface area contributed by atoms with Crippen LogP contribution in [0.1, 0.15) is 89.5 Å². The summed E-state index contributed by atoms with van der Waals surface area (Å²) in [5.41, 5.74) is 3.59. The van der Waals surface area contributed by atoms with Gasteiger partial charge < -0.3 is 4.74 Å². The minimum atomic E-state index is 0.819. The first-order chi connectivity index (χ1) is 14.3. The Bertz CT molecular complexity index is 671. The Morgan fingerprint density at radius 1 is 0.690 bits per heavy atom. The van der Waals surface area contributed by atoms with E-state index < -0.39 is 0 Å². The summed E-state index contributed by atoms with van der Waals surface area (Å²) in [6.45, 7) is 7.01. The van der Waals surface area contributed by atoms with E-state index in [9.17, 15) is 0 Å². The third-order valence-electron chi connectivity index (χ3n) is 5.61. The lowest BCUT2D eigenvalue weighted by Gasteiger charge is -2.09. The van der Waals surface area contributed by atoms with Crippen LogP contribution in [0.15, 0.2) is 55.1 Å². The smallest absolute Gasteiger partial charge is 0.119 e. The van der Waals surface area contributed by atoms with Crippen molar-refractivity contribution in [3.05, 3.63) is 60.7 Å². The second kappa shape index (κ2) is 14.9. The molecule has 0 N–H and O–H groups in total. The van der Waals surface area contributed by atoms with Gasteiger partial charge in [-0.05, 0) is 35.2 Å². The second-order valence-electron chi connectivity index (χ2n) is 8.05. The van der Waals surface area contributed by atoms with Crippen molar-refractivity contribution in [2.45, 2.75) is 84.0 Å². The summed E-state index contributed by atoms with van der Waals surface area (Å²) in [7, 11) is 0.